The van der Waals surface area contributed by atoms with Crippen LogP contribution in [-0.2, 0) is 11.2 Å². The lowest BCUT2D eigenvalue weighted by Gasteiger charge is -2.14. The van der Waals surface area contributed by atoms with Crippen LogP contribution in [0.2, 0.25) is 0 Å². The van der Waals surface area contributed by atoms with E-state index in [1.807, 2.05) is 17.0 Å². The summed E-state index contributed by atoms with van der Waals surface area (Å²) < 4.78 is 18.6. The van der Waals surface area contributed by atoms with Crippen molar-refractivity contribution in [3.8, 4) is 11.3 Å². The molecule has 1 aromatic carbocycles. The molecule has 21 heavy (non-hydrogen) atoms. The van der Waals surface area contributed by atoms with Gasteiger partial charge in [-0.05, 0) is 49.2 Å². The van der Waals surface area contributed by atoms with Gasteiger partial charge in [0.2, 0.25) is 5.91 Å². The van der Waals surface area contributed by atoms with Crippen LogP contribution in [0, 0.1) is 5.82 Å². The summed E-state index contributed by atoms with van der Waals surface area (Å²) >= 11 is 0. The lowest BCUT2D eigenvalue weighted by molar-refractivity contribution is -0.130. The Labute approximate surface area is 123 Å². The predicted octanol–water partition coefficient (Wildman–Crippen LogP) is 3.64. The first kappa shape index (κ1) is 13.9. The van der Waals surface area contributed by atoms with E-state index in [1.54, 1.807) is 12.1 Å². The SMILES string of the molecule is O=C(CCc1ccc(-c2ccc(F)cc2)o1)N1CCCC1. The summed E-state index contributed by atoms with van der Waals surface area (Å²) in [6, 6.07) is 9.95. The van der Waals surface area contributed by atoms with Crippen LogP contribution in [-0.4, -0.2) is 23.9 Å². The molecule has 2 heterocycles. The highest BCUT2D eigenvalue weighted by Crippen LogP contribution is 2.23. The van der Waals surface area contributed by atoms with E-state index in [9.17, 15) is 9.18 Å². The van der Waals surface area contributed by atoms with E-state index < -0.39 is 0 Å². The molecule has 0 aliphatic carbocycles. The molecule has 1 saturated heterocycles. The monoisotopic (exact) mass is 287 g/mol. The number of likely N-dealkylation sites (tertiary alicyclic amines) is 1. The second-order valence-electron chi connectivity index (χ2n) is 5.36. The van der Waals surface area contributed by atoms with E-state index in [4.69, 9.17) is 4.42 Å². The maximum absolute atomic E-state index is 12.9. The van der Waals surface area contributed by atoms with Crippen LogP contribution in [0.1, 0.15) is 25.0 Å². The summed E-state index contributed by atoms with van der Waals surface area (Å²) in [5, 5.41) is 0. The average molecular weight is 287 g/mol. The molecule has 1 amide bonds. The van der Waals surface area contributed by atoms with Crippen molar-refractivity contribution < 1.29 is 13.6 Å². The minimum Gasteiger partial charge on any atom is -0.461 e. The first-order valence-electron chi connectivity index (χ1n) is 7.35. The Hall–Kier alpha value is -2.10. The topological polar surface area (TPSA) is 33.5 Å². The van der Waals surface area contributed by atoms with Gasteiger partial charge >= 0.3 is 0 Å². The number of carbonyl (C=O) groups excluding carboxylic acids is 1. The molecule has 0 unspecified atom stereocenters. The molecular formula is C17H18FNO2. The van der Waals surface area contributed by atoms with E-state index in [0.717, 1.165) is 37.3 Å². The lowest BCUT2D eigenvalue weighted by atomic mass is 10.2. The molecule has 0 radical (unpaired) electrons. The van der Waals surface area contributed by atoms with Crippen LogP contribution in [0.5, 0.6) is 0 Å². The van der Waals surface area contributed by atoms with Crippen molar-refractivity contribution in [1.29, 1.82) is 0 Å². The molecule has 2 aromatic rings. The van der Waals surface area contributed by atoms with Gasteiger partial charge in [-0.1, -0.05) is 0 Å². The van der Waals surface area contributed by atoms with Crippen LogP contribution in [0.15, 0.2) is 40.8 Å². The summed E-state index contributed by atoms with van der Waals surface area (Å²) in [6.07, 6.45) is 3.31. The van der Waals surface area contributed by atoms with Gasteiger partial charge in [-0.15, -0.1) is 0 Å². The minimum atomic E-state index is -0.262. The fraction of sp³-hybridized carbons (Fsp3) is 0.353. The molecule has 4 heteroatoms. The molecule has 3 rings (SSSR count). The van der Waals surface area contributed by atoms with Crippen molar-refractivity contribution in [2.24, 2.45) is 0 Å². The number of halogens is 1. The number of rotatable bonds is 4. The van der Waals surface area contributed by atoms with Gasteiger partial charge in [0.25, 0.3) is 0 Å². The number of hydrogen-bond donors (Lipinski definition) is 0. The summed E-state index contributed by atoms with van der Waals surface area (Å²) in [5.74, 6) is 1.44. The van der Waals surface area contributed by atoms with Gasteiger partial charge in [0.15, 0.2) is 0 Å². The highest BCUT2D eigenvalue weighted by molar-refractivity contribution is 5.76. The molecule has 0 bridgehead atoms. The van der Waals surface area contributed by atoms with E-state index in [1.165, 1.54) is 12.1 Å². The zero-order valence-electron chi connectivity index (χ0n) is 11.8. The van der Waals surface area contributed by atoms with E-state index in [-0.39, 0.29) is 11.7 Å². The van der Waals surface area contributed by atoms with Gasteiger partial charge in [0.1, 0.15) is 17.3 Å². The van der Waals surface area contributed by atoms with Gasteiger partial charge in [-0.3, -0.25) is 4.79 Å². The van der Waals surface area contributed by atoms with E-state index in [0.29, 0.717) is 18.6 Å². The van der Waals surface area contributed by atoms with Gasteiger partial charge in [-0.25, -0.2) is 4.39 Å². The largest absolute Gasteiger partial charge is 0.461 e. The summed E-state index contributed by atoms with van der Waals surface area (Å²) in [6.45, 7) is 1.77. The first-order chi connectivity index (χ1) is 10.2. The van der Waals surface area contributed by atoms with Crippen LogP contribution < -0.4 is 0 Å². The third-order valence-electron chi connectivity index (χ3n) is 3.83. The fourth-order valence-electron chi connectivity index (χ4n) is 2.64. The Morgan fingerprint density at radius 1 is 1.10 bits per heavy atom. The summed E-state index contributed by atoms with van der Waals surface area (Å²) in [7, 11) is 0. The lowest BCUT2D eigenvalue weighted by Crippen LogP contribution is -2.27. The average Bonchev–Trinajstić information content (AvgIpc) is 3.17. The summed E-state index contributed by atoms with van der Waals surface area (Å²) in [4.78, 5) is 13.9. The van der Waals surface area contributed by atoms with Crippen molar-refractivity contribution in [1.82, 2.24) is 4.90 Å². The van der Waals surface area contributed by atoms with Crippen molar-refractivity contribution in [2.45, 2.75) is 25.7 Å². The fourth-order valence-corrected chi connectivity index (χ4v) is 2.64. The van der Waals surface area contributed by atoms with Crippen molar-refractivity contribution in [3.63, 3.8) is 0 Å². The van der Waals surface area contributed by atoms with Gasteiger partial charge < -0.3 is 9.32 Å². The van der Waals surface area contributed by atoms with Crippen LogP contribution >= 0.6 is 0 Å². The number of hydrogen-bond acceptors (Lipinski definition) is 2. The molecule has 0 spiro atoms. The number of amides is 1. The Kier molecular flexibility index (Phi) is 4.04. The molecule has 0 N–H and O–H groups in total. The number of benzene rings is 1. The second-order valence-corrected chi connectivity index (χ2v) is 5.36. The Bertz CT molecular complexity index is 612. The Morgan fingerprint density at radius 2 is 1.81 bits per heavy atom. The molecule has 1 aliphatic heterocycles. The molecule has 1 aliphatic rings. The standard InChI is InChI=1S/C17H18FNO2/c18-14-5-3-13(4-6-14)16-9-7-15(21-16)8-10-17(20)19-11-1-2-12-19/h3-7,9H,1-2,8,10-12H2. The van der Waals surface area contributed by atoms with Gasteiger partial charge in [0, 0.05) is 31.5 Å². The van der Waals surface area contributed by atoms with Crippen molar-refractivity contribution in [2.75, 3.05) is 13.1 Å². The smallest absolute Gasteiger partial charge is 0.223 e. The number of furan rings is 1. The normalized spacial score (nSPS) is 14.6. The third-order valence-corrected chi connectivity index (χ3v) is 3.83. The van der Waals surface area contributed by atoms with Crippen LogP contribution in [0.25, 0.3) is 11.3 Å². The molecule has 0 atom stereocenters. The molecule has 1 aromatic heterocycles. The number of carbonyl (C=O) groups is 1. The van der Waals surface area contributed by atoms with E-state index >= 15 is 0 Å². The van der Waals surface area contributed by atoms with Crippen LogP contribution in [0.4, 0.5) is 4.39 Å². The molecular weight excluding hydrogens is 269 g/mol. The number of aryl methyl sites for hydroxylation is 1. The maximum atomic E-state index is 12.9. The second kappa shape index (κ2) is 6.12. The van der Waals surface area contributed by atoms with Gasteiger partial charge in [0.05, 0.1) is 0 Å². The van der Waals surface area contributed by atoms with Crippen LogP contribution in [0.3, 0.4) is 0 Å². The molecule has 1 fully saturated rings. The van der Waals surface area contributed by atoms with Gasteiger partial charge in [-0.2, -0.15) is 0 Å². The Morgan fingerprint density at radius 3 is 2.52 bits per heavy atom. The summed E-state index contributed by atoms with van der Waals surface area (Å²) in [5.41, 5.74) is 0.841. The molecule has 0 saturated carbocycles. The molecule has 3 nitrogen and oxygen atoms in total. The minimum absolute atomic E-state index is 0.201. The van der Waals surface area contributed by atoms with Crippen molar-refractivity contribution in [3.05, 3.63) is 48.0 Å². The predicted molar refractivity (Wildman–Crippen MR) is 78.2 cm³/mol. The number of nitrogens with zero attached hydrogens (tertiary/aromatic N) is 1. The maximum Gasteiger partial charge on any atom is 0.223 e. The highest BCUT2D eigenvalue weighted by Gasteiger charge is 2.18. The third kappa shape index (κ3) is 3.32. The van der Waals surface area contributed by atoms with Crippen molar-refractivity contribution >= 4 is 5.91 Å². The molecule has 110 valence electrons. The van der Waals surface area contributed by atoms with E-state index in [2.05, 4.69) is 0 Å². The Balaban J connectivity index is 1.60. The quantitative estimate of drug-likeness (QED) is 0.860. The zero-order valence-corrected chi connectivity index (χ0v) is 11.8. The highest BCUT2D eigenvalue weighted by atomic mass is 19.1. The first-order valence-corrected chi connectivity index (χ1v) is 7.35. The zero-order chi connectivity index (χ0) is 14.7.